The summed E-state index contributed by atoms with van der Waals surface area (Å²) < 4.78 is 4.68. The topological polar surface area (TPSA) is 80.3 Å². The lowest BCUT2D eigenvalue weighted by atomic mass is 10.2. The Kier molecular flexibility index (Phi) is 5.46. The molecule has 23 heavy (non-hydrogen) atoms. The third kappa shape index (κ3) is 4.41. The summed E-state index contributed by atoms with van der Waals surface area (Å²) in [5.74, 6) is -0.0558. The second-order valence-electron chi connectivity index (χ2n) is 4.63. The van der Waals surface area contributed by atoms with E-state index in [9.17, 15) is 9.59 Å². The number of pyridine rings is 1. The molecule has 0 fully saturated rings. The van der Waals surface area contributed by atoms with Crippen LogP contribution in [0.15, 0.2) is 55.3 Å². The number of nitrogens with one attached hydrogen (secondary N) is 2. The molecule has 0 spiro atoms. The maximum Gasteiger partial charge on any atom is 0.337 e. The number of hydrogen-bond acceptors (Lipinski definition) is 5. The van der Waals surface area contributed by atoms with Gasteiger partial charge in [-0.15, -0.1) is 6.58 Å². The number of nitrogens with zero attached hydrogens (tertiary/aromatic N) is 1. The molecular weight excluding hydrogens is 294 g/mol. The Morgan fingerprint density at radius 1 is 1.26 bits per heavy atom. The van der Waals surface area contributed by atoms with Crippen LogP contribution in [0, 0.1) is 0 Å². The summed E-state index contributed by atoms with van der Waals surface area (Å²) in [5, 5.41) is 5.74. The third-order valence-corrected chi connectivity index (χ3v) is 2.99. The second kappa shape index (κ2) is 7.74. The highest BCUT2D eigenvalue weighted by Gasteiger charge is 2.07. The van der Waals surface area contributed by atoms with Crippen LogP contribution in [0.2, 0.25) is 0 Å². The maximum atomic E-state index is 11.8. The molecule has 2 N–H and O–H groups in total. The molecule has 0 radical (unpaired) electrons. The number of hydrogen-bond donors (Lipinski definition) is 2. The molecule has 2 rings (SSSR count). The first-order valence-electron chi connectivity index (χ1n) is 6.94. The molecule has 0 saturated carbocycles. The van der Waals surface area contributed by atoms with Gasteiger partial charge in [0.1, 0.15) is 5.82 Å². The molecule has 0 bridgehead atoms. The van der Waals surface area contributed by atoms with E-state index in [1.807, 2.05) is 0 Å². The lowest BCUT2D eigenvalue weighted by Crippen LogP contribution is -2.23. The minimum Gasteiger partial charge on any atom is -0.465 e. The number of esters is 1. The van der Waals surface area contributed by atoms with Crippen molar-refractivity contribution in [1.82, 2.24) is 10.3 Å². The molecule has 2 aromatic rings. The number of carbonyl (C=O) groups excluding carboxylic acids is 2. The number of methoxy groups -OCH3 is 1. The van der Waals surface area contributed by atoms with Gasteiger partial charge in [-0.05, 0) is 30.3 Å². The quantitative estimate of drug-likeness (QED) is 0.633. The van der Waals surface area contributed by atoms with Gasteiger partial charge in [-0.25, -0.2) is 9.78 Å². The van der Waals surface area contributed by atoms with Gasteiger partial charge >= 0.3 is 5.97 Å². The van der Waals surface area contributed by atoms with Crippen molar-refractivity contribution in [3.05, 3.63) is 66.4 Å². The van der Waals surface area contributed by atoms with Gasteiger partial charge in [0.05, 0.1) is 18.2 Å². The van der Waals surface area contributed by atoms with Crippen molar-refractivity contribution in [3.8, 4) is 0 Å². The van der Waals surface area contributed by atoms with Crippen molar-refractivity contribution < 1.29 is 14.3 Å². The Labute approximate surface area is 134 Å². The first kappa shape index (κ1) is 16.2. The summed E-state index contributed by atoms with van der Waals surface area (Å²) in [5.41, 5.74) is 1.60. The summed E-state index contributed by atoms with van der Waals surface area (Å²) in [6.45, 7) is 3.94. The van der Waals surface area contributed by atoms with Crippen molar-refractivity contribution in [1.29, 1.82) is 0 Å². The number of ether oxygens (including phenoxy) is 1. The Hall–Kier alpha value is -3.15. The van der Waals surface area contributed by atoms with Gasteiger partial charge in [0.15, 0.2) is 0 Å². The zero-order valence-electron chi connectivity index (χ0n) is 12.7. The Balaban J connectivity index is 2.07. The number of amides is 1. The lowest BCUT2D eigenvalue weighted by Gasteiger charge is -2.08. The highest BCUT2D eigenvalue weighted by molar-refractivity contribution is 5.94. The molecular formula is C17H17N3O3. The SMILES string of the molecule is C=CCNC(=O)c1ccc(Nc2cccc(C(=O)OC)c2)nc1. The van der Waals surface area contributed by atoms with Crippen molar-refractivity contribution in [2.75, 3.05) is 19.0 Å². The number of benzene rings is 1. The summed E-state index contributed by atoms with van der Waals surface area (Å²) in [4.78, 5) is 27.4. The number of anilines is 2. The first-order valence-corrected chi connectivity index (χ1v) is 6.94. The number of aromatic nitrogens is 1. The van der Waals surface area contributed by atoms with Gasteiger partial charge in [0, 0.05) is 18.4 Å². The summed E-state index contributed by atoms with van der Waals surface area (Å²) in [6, 6.07) is 10.2. The van der Waals surface area contributed by atoms with Crippen molar-refractivity contribution in [3.63, 3.8) is 0 Å². The molecule has 1 amide bonds. The fraction of sp³-hybridized carbons (Fsp3) is 0.118. The fourth-order valence-electron chi connectivity index (χ4n) is 1.86. The van der Waals surface area contributed by atoms with Crippen LogP contribution >= 0.6 is 0 Å². The van der Waals surface area contributed by atoms with E-state index in [0.29, 0.717) is 29.2 Å². The van der Waals surface area contributed by atoms with Gasteiger partial charge in [-0.3, -0.25) is 4.79 Å². The molecule has 6 heteroatoms. The van der Waals surface area contributed by atoms with E-state index in [2.05, 4.69) is 26.9 Å². The molecule has 0 aliphatic carbocycles. The first-order chi connectivity index (χ1) is 11.1. The average molecular weight is 311 g/mol. The highest BCUT2D eigenvalue weighted by Crippen LogP contribution is 2.16. The van der Waals surface area contributed by atoms with Crippen LogP contribution in [-0.4, -0.2) is 30.5 Å². The molecule has 1 aromatic heterocycles. The number of carbonyl (C=O) groups is 2. The summed E-state index contributed by atoms with van der Waals surface area (Å²) in [7, 11) is 1.33. The molecule has 1 aromatic carbocycles. The smallest absolute Gasteiger partial charge is 0.337 e. The van der Waals surface area contributed by atoms with Crippen LogP contribution < -0.4 is 10.6 Å². The highest BCUT2D eigenvalue weighted by atomic mass is 16.5. The number of rotatable bonds is 6. The minimum atomic E-state index is -0.407. The Morgan fingerprint density at radius 2 is 2.09 bits per heavy atom. The van der Waals surface area contributed by atoms with Crippen LogP contribution in [0.5, 0.6) is 0 Å². The Bertz CT molecular complexity index is 711. The van der Waals surface area contributed by atoms with Gasteiger partial charge in [0.25, 0.3) is 5.91 Å². The predicted molar refractivity (Wildman–Crippen MR) is 87.8 cm³/mol. The molecule has 0 aliphatic heterocycles. The minimum absolute atomic E-state index is 0.211. The standard InChI is InChI=1S/C17H17N3O3/c1-3-9-18-16(21)13-7-8-15(19-11-13)20-14-6-4-5-12(10-14)17(22)23-2/h3-8,10-11H,1,9H2,2H3,(H,18,21)(H,19,20). The molecule has 118 valence electrons. The van der Waals surface area contributed by atoms with Crippen LogP contribution in [0.3, 0.4) is 0 Å². The van der Waals surface area contributed by atoms with E-state index in [-0.39, 0.29) is 5.91 Å². The van der Waals surface area contributed by atoms with Crippen molar-refractivity contribution in [2.24, 2.45) is 0 Å². The van der Waals surface area contributed by atoms with E-state index in [0.717, 1.165) is 0 Å². The molecule has 0 atom stereocenters. The van der Waals surface area contributed by atoms with E-state index in [1.54, 1.807) is 42.5 Å². The molecule has 0 saturated heterocycles. The van der Waals surface area contributed by atoms with E-state index < -0.39 is 5.97 Å². The van der Waals surface area contributed by atoms with E-state index >= 15 is 0 Å². The van der Waals surface area contributed by atoms with E-state index in [4.69, 9.17) is 0 Å². The average Bonchev–Trinajstić information content (AvgIpc) is 2.59. The fourth-order valence-corrected chi connectivity index (χ4v) is 1.86. The van der Waals surface area contributed by atoms with Crippen LogP contribution in [0.4, 0.5) is 11.5 Å². The third-order valence-electron chi connectivity index (χ3n) is 2.99. The zero-order valence-corrected chi connectivity index (χ0v) is 12.7. The van der Waals surface area contributed by atoms with Crippen molar-refractivity contribution >= 4 is 23.4 Å². The van der Waals surface area contributed by atoms with Crippen LogP contribution in [0.1, 0.15) is 20.7 Å². The lowest BCUT2D eigenvalue weighted by molar-refractivity contribution is 0.0600. The maximum absolute atomic E-state index is 11.8. The Morgan fingerprint density at radius 3 is 2.74 bits per heavy atom. The molecule has 1 heterocycles. The summed E-state index contributed by atoms with van der Waals surface area (Å²) in [6.07, 6.45) is 3.08. The van der Waals surface area contributed by atoms with E-state index in [1.165, 1.54) is 13.3 Å². The molecule has 6 nitrogen and oxygen atoms in total. The van der Waals surface area contributed by atoms with Gasteiger partial charge < -0.3 is 15.4 Å². The van der Waals surface area contributed by atoms with Crippen LogP contribution in [-0.2, 0) is 4.74 Å². The van der Waals surface area contributed by atoms with Gasteiger partial charge in [0.2, 0.25) is 0 Å². The van der Waals surface area contributed by atoms with Gasteiger partial charge in [-0.2, -0.15) is 0 Å². The predicted octanol–water partition coefficient (Wildman–Crippen LogP) is 2.53. The van der Waals surface area contributed by atoms with Crippen LogP contribution in [0.25, 0.3) is 0 Å². The second-order valence-corrected chi connectivity index (χ2v) is 4.63. The normalized spacial score (nSPS) is 9.78. The van der Waals surface area contributed by atoms with Gasteiger partial charge in [-0.1, -0.05) is 12.1 Å². The largest absolute Gasteiger partial charge is 0.465 e. The molecule has 0 aliphatic rings. The molecule has 0 unspecified atom stereocenters. The zero-order chi connectivity index (χ0) is 16.7. The monoisotopic (exact) mass is 311 g/mol. The van der Waals surface area contributed by atoms with Crippen molar-refractivity contribution in [2.45, 2.75) is 0 Å². The summed E-state index contributed by atoms with van der Waals surface area (Å²) >= 11 is 0.